The molecule has 2 amide bonds. The quantitative estimate of drug-likeness (QED) is 0.831. The molecule has 0 aromatic rings. The summed E-state index contributed by atoms with van der Waals surface area (Å²) in [5.41, 5.74) is -1.45. The molecule has 4 nitrogen and oxygen atoms in total. The highest BCUT2D eigenvalue weighted by molar-refractivity contribution is 6.01. The van der Waals surface area contributed by atoms with E-state index >= 15 is 0 Å². The van der Waals surface area contributed by atoms with Crippen LogP contribution < -0.4 is 5.32 Å². The van der Waals surface area contributed by atoms with Crippen LogP contribution in [0.1, 0.15) is 53.4 Å². The molecule has 0 radical (unpaired) electrons. The first-order valence-electron chi connectivity index (χ1n) is 6.96. The standard InChI is InChI=1S/C14H24N2O2/c1-5-14(4)12(18)16(9-10-7-6-8-10)13(2,3)11(17)15-14/h10H,5-9H2,1-4H3,(H,15,17). The highest BCUT2D eigenvalue weighted by Gasteiger charge is 2.51. The van der Waals surface area contributed by atoms with Crippen LogP contribution in [0.25, 0.3) is 0 Å². The molecule has 1 aliphatic heterocycles. The van der Waals surface area contributed by atoms with Gasteiger partial charge in [0.2, 0.25) is 11.8 Å². The summed E-state index contributed by atoms with van der Waals surface area (Å²) in [6.45, 7) is 8.19. The predicted octanol–water partition coefficient (Wildman–Crippen LogP) is 1.69. The van der Waals surface area contributed by atoms with E-state index in [0.717, 1.165) is 6.54 Å². The van der Waals surface area contributed by atoms with Crippen LogP contribution in [-0.2, 0) is 9.59 Å². The van der Waals surface area contributed by atoms with E-state index in [1.165, 1.54) is 19.3 Å². The van der Waals surface area contributed by atoms with Crippen LogP contribution in [0.4, 0.5) is 0 Å². The molecule has 102 valence electrons. The van der Waals surface area contributed by atoms with E-state index in [2.05, 4.69) is 5.32 Å². The van der Waals surface area contributed by atoms with Gasteiger partial charge in [-0.2, -0.15) is 0 Å². The molecule has 1 N–H and O–H groups in total. The maximum absolute atomic E-state index is 12.6. The Morgan fingerprint density at radius 1 is 1.28 bits per heavy atom. The van der Waals surface area contributed by atoms with E-state index in [4.69, 9.17) is 0 Å². The van der Waals surface area contributed by atoms with Gasteiger partial charge in [0.1, 0.15) is 11.1 Å². The second kappa shape index (κ2) is 4.25. The highest BCUT2D eigenvalue weighted by Crippen LogP contribution is 2.33. The molecule has 2 fully saturated rings. The van der Waals surface area contributed by atoms with Crippen LogP contribution in [0, 0.1) is 5.92 Å². The van der Waals surface area contributed by atoms with Crippen molar-refractivity contribution >= 4 is 11.8 Å². The van der Waals surface area contributed by atoms with Crippen LogP contribution >= 0.6 is 0 Å². The number of hydrogen-bond acceptors (Lipinski definition) is 2. The van der Waals surface area contributed by atoms with E-state index in [-0.39, 0.29) is 11.8 Å². The van der Waals surface area contributed by atoms with Crippen LogP contribution in [-0.4, -0.2) is 34.3 Å². The summed E-state index contributed by atoms with van der Waals surface area (Å²) in [5, 5.41) is 2.89. The largest absolute Gasteiger partial charge is 0.340 e. The van der Waals surface area contributed by atoms with Crippen molar-refractivity contribution in [3.05, 3.63) is 0 Å². The Morgan fingerprint density at radius 2 is 1.89 bits per heavy atom. The molecule has 1 atom stereocenters. The third-order valence-corrected chi connectivity index (χ3v) is 4.71. The number of nitrogens with zero attached hydrogens (tertiary/aromatic N) is 1. The lowest BCUT2D eigenvalue weighted by atomic mass is 9.81. The molecule has 1 heterocycles. The lowest BCUT2D eigenvalue weighted by Crippen LogP contribution is -2.73. The average molecular weight is 252 g/mol. The summed E-state index contributed by atoms with van der Waals surface area (Å²) in [4.78, 5) is 26.7. The zero-order chi connectivity index (χ0) is 13.6. The predicted molar refractivity (Wildman–Crippen MR) is 70.0 cm³/mol. The number of piperazine rings is 1. The summed E-state index contributed by atoms with van der Waals surface area (Å²) in [5.74, 6) is 0.618. The topological polar surface area (TPSA) is 49.4 Å². The minimum absolute atomic E-state index is 0.0363. The van der Waals surface area contributed by atoms with Gasteiger partial charge in [0.25, 0.3) is 0 Å². The van der Waals surface area contributed by atoms with Crippen molar-refractivity contribution in [2.75, 3.05) is 6.54 Å². The Labute approximate surface area is 109 Å². The van der Waals surface area contributed by atoms with Crippen LogP contribution in [0.15, 0.2) is 0 Å². The Balaban J connectivity index is 2.24. The van der Waals surface area contributed by atoms with Crippen molar-refractivity contribution < 1.29 is 9.59 Å². The van der Waals surface area contributed by atoms with E-state index < -0.39 is 11.1 Å². The maximum Gasteiger partial charge on any atom is 0.248 e. The van der Waals surface area contributed by atoms with Gasteiger partial charge in [0.05, 0.1) is 0 Å². The summed E-state index contributed by atoms with van der Waals surface area (Å²) >= 11 is 0. The Hall–Kier alpha value is -1.06. The summed E-state index contributed by atoms with van der Waals surface area (Å²) in [7, 11) is 0. The molecule has 1 aliphatic carbocycles. The van der Waals surface area contributed by atoms with Gasteiger partial charge >= 0.3 is 0 Å². The van der Waals surface area contributed by atoms with Gasteiger partial charge in [-0.15, -0.1) is 0 Å². The molecule has 2 aliphatic rings. The fourth-order valence-corrected chi connectivity index (χ4v) is 2.62. The SMILES string of the molecule is CCC1(C)NC(=O)C(C)(C)N(CC2CCC2)C1=O. The number of hydrogen-bond donors (Lipinski definition) is 1. The number of rotatable bonds is 3. The van der Waals surface area contributed by atoms with E-state index in [1.54, 1.807) is 4.90 Å². The van der Waals surface area contributed by atoms with Crippen molar-refractivity contribution in [1.29, 1.82) is 0 Å². The molecule has 4 heteroatoms. The van der Waals surface area contributed by atoms with Crippen molar-refractivity contribution in [3.8, 4) is 0 Å². The summed E-state index contributed by atoms with van der Waals surface area (Å²) < 4.78 is 0. The lowest BCUT2D eigenvalue weighted by molar-refractivity contribution is -0.161. The third kappa shape index (κ3) is 1.91. The molecule has 0 bridgehead atoms. The first-order chi connectivity index (χ1) is 8.31. The Kier molecular flexibility index (Phi) is 3.16. The van der Waals surface area contributed by atoms with Crippen LogP contribution in [0.3, 0.4) is 0 Å². The van der Waals surface area contributed by atoms with Crippen LogP contribution in [0.2, 0.25) is 0 Å². The monoisotopic (exact) mass is 252 g/mol. The summed E-state index contributed by atoms with van der Waals surface area (Å²) in [6, 6.07) is 0. The number of carbonyl (C=O) groups is 2. The summed E-state index contributed by atoms with van der Waals surface area (Å²) in [6.07, 6.45) is 4.26. The van der Waals surface area contributed by atoms with Crippen molar-refractivity contribution in [1.82, 2.24) is 10.2 Å². The normalized spacial score (nSPS) is 32.1. The van der Waals surface area contributed by atoms with Gasteiger partial charge in [0.15, 0.2) is 0 Å². The zero-order valence-corrected chi connectivity index (χ0v) is 11.9. The van der Waals surface area contributed by atoms with E-state index in [0.29, 0.717) is 12.3 Å². The molecule has 2 rings (SSSR count). The number of carbonyl (C=O) groups excluding carboxylic acids is 2. The van der Waals surface area contributed by atoms with E-state index in [1.807, 2.05) is 27.7 Å². The van der Waals surface area contributed by atoms with Crippen molar-refractivity contribution in [3.63, 3.8) is 0 Å². The van der Waals surface area contributed by atoms with Crippen molar-refractivity contribution in [2.24, 2.45) is 5.92 Å². The average Bonchev–Trinajstić information content (AvgIpc) is 2.24. The smallest absolute Gasteiger partial charge is 0.248 e. The van der Waals surface area contributed by atoms with Crippen LogP contribution in [0.5, 0.6) is 0 Å². The minimum Gasteiger partial charge on any atom is -0.340 e. The number of nitrogens with one attached hydrogen (secondary N) is 1. The zero-order valence-electron chi connectivity index (χ0n) is 11.9. The number of amides is 2. The van der Waals surface area contributed by atoms with Gasteiger partial charge in [-0.1, -0.05) is 13.3 Å². The third-order valence-electron chi connectivity index (χ3n) is 4.71. The van der Waals surface area contributed by atoms with Crippen molar-refractivity contribution in [2.45, 2.75) is 64.5 Å². The second-order valence-electron chi connectivity index (χ2n) is 6.41. The molecule has 0 aromatic carbocycles. The second-order valence-corrected chi connectivity index (χ2v) is 6.41. The molecule has 0 aromatic heterocycles. The molecule has 1 saturated carbocycles. The fraction of sp³-hybridized carbons (Fsp3) is 0.857. The highest BCUT2D eigenvalue weighted by atomic mass is 16.2. The molecule has 1 saturated heterocycles. The van der Waals surface area contributed by atoms with E-state index in [9.17, 15) is 9.59 Å². The van der Waals surface area contributed by atoms with Gasteiger partial charge in [-0.05, 0) is 46.0 Å². The maximum atomic E-state index is 12.6. The minimum atomic E-state index is -0.726. The first kappa shape index (κ1) is 13.4. The Morgan fingerprint density at radius 3 is 2.33 bits per heavy atom. The fourth-order valence-electron chi connectivity index (χ4n) is 2.62. The molecule has 18 heavy (non-hydrogen) atoms. The molecule has 0 spiro atoms. The van der Waals surface area contributed by atoms with Gasteiger partial charge in [-0.3, -0.25) is 9.59 Å². The van der Waals surface area contributed by atoms with Gasteiger partial charge in [0, 0.05) is 6.54 Å². The first-order valence-corrected chi connectivity index (χ1v) is 6.96. The van der Waals surface area contributed by atoms with Gasteiger partial charge < -0.3 is 10.2 Å². The van der Waals surface area contributed by atoms with Gasteiger partial charge in [-0.25, -0.2) is 0 Å². The molecule has 1 unspecified atom stereocenters. The lowest BCUT2D eigenvalue weighted by Gasteiger charge is -2.50. The molecular weight excluding hydrogens is 228 g/mol. The Bertz CT molecular complexity index is 374. The molecular formula is C14H24N2O2.